The normalized spacial score (nSPS) is 23.1. The van der Waals surface area contributed by atoms with Crippen molar-refractivity contribution >= 4 is 11.7 Å². The van der Waals surface area contributed by atoms with Crippen molar-refractivity contribution in [2.75, 3.05) is 7.11 Å². The molecule has 1 saturated heterocycles. The van der Waals surface area contributed by atoms with Gasteiger partial charge < -0.3 is 9.47 Å². The molecule has 45 heavy (non-hydrogen) atoms. The number of hydrogen-bond donors (Lipinski definition) is 0. The van der Waals surface area contributed by atoms with Gasteiger partial charge in [-0.05, 0) is 66.8 Å². The van der Waals surface area contributed by atoms with Crippen LogP contribution in [-0.4, -0.2) is 30.3 Å². The molecule has 1 heterocycles. The molecule has 4 rings (SSSR count). The van der Waals surface area contributed by atoms with E-state index in [0.29, 0.717) is 12.1 Å². The summed E-state index contributed by atoms with van der Waals surface area (Å²) in [6, 6.07) is 2.35. The molecule has 0 saturated carbocycles. The van der Waals surface area contributed by atoms with E-state index in [0.717, 1.165) is 23.1 Å². The van der Waals surface area contributed by atoms with Crippen LogP contribution in [0.3, 0.4) is 0 Å². The van der Waals surface area contributed by atoms with E-state index >= 15 is 4.39 Å². The fourth-order valence-corrected chi connectivity index (χ4v) is 5.64. The van der Waals surface area contributed by atoms with Gasteiger partial charge in [0.05, 0.1) is 36.4 Å². The minimum absolute atomic E-state index is 0.0647. The van der Waals surface area contributed by atoms with Crippen LogP contribution < -0.4 is 0 Å². The van der Waals surface area contributed by atoms with Crippen LogP contribution in [0.4, 0.5) is 48.7 Å². The lowest BCUT2D eigenvalue weighted by atomic mass is 9.79. The van der Waals surface area contributed by atoms with Gasteiger partial charge in [-0.2, -0.15) is 39.5 Å². The molecule has 14 heteroatoms. The van der Waals surface area contributed by atoms with Crippen LogP contribution in [0, 0.1) is 11.8 Å². The van der Waals surface area contributed by atoms with Gasteiger partial charge in [-0.1, -0.05) is 26.0 Å². The Morgan fingerprint density at radius 3 is 1.93 bits per heavy atom. The quantitative estimate of drug-likeness (QED) is 0.292. The highest BCUT2D eigenvalue weighted by Gasteiger charge is 2.44. The molecule has 0 bridgehead atoms. The van der Waals surface area contributed by atoms with E-state index in [2.05, 4.69) is 0 Å². The van der Waals surface area contributed by atoms with Gasteiger partial charge in [-0.25, -0.2) is 9.18 Å². The van der Waals surface area contributed by atoms with E-state index in [4.69, 9.17) is 9.47 Å². The van der Waals surface area contributed by atoms with Crippen molar-refractivity contribution in [3.05, 3.63) is 87.2 Å². The molecular formula is C31H29F10NO3. The van der Waals surface area contributed by atoms with Crippen molar-refractivity contribution in [2.45, 2.75) is 71.1 Å². The minimum Gasteiger partial charge on any atom is -0.496 e. The van der Waals surface area contributed by atoms with Gasteiger partial charge in [-0.3, -0.25) is 4.90 Å². The Bertz CT molecular complexity index is 1490. The van der Waals surface area contributed by atoms with Crippen LogP contribution >= 0.6 is 0 Å². The van der Waals surface area contributed by atoms with Gasteiger partial charge in [0, 0.05) is 17.1 Å². The number of alkyl halides is 10. The molecule has 0 spiro atoms. The standard InChI is InChI=1S/C31H29F10NO3/c1-14(2)23-12-24(26(44-5)15(3)25(23)32)22-7-6-19(29(33,34)35)10-18(22)13-42-16(4)27(45-28(42)43)17-8-20(30(36,37)38)11-21(9-17)31(39,40)41/h6-12,14,16,23,25,27H,13H2,1-5H3/t16?,23?,25?,27-/m0/s1. The summed E-state index contributed by atoms with van der Waals surface area (Å²) in [7, 11) is 1.27. The number of halogens is 10. The molecule has 2 aromatic carbocycles. The summed E-state index contributed by atoms with van der Waals surface area (Å²) in [5, 5.41) is 0. The van der Waals surface area contributed by atoms with E-state index in [-0.39, 0.29) is 40.0 Å². The zero-order valence-corrected chi connectivity index (χ0v) is 24.6. The van der Waals surface area contributed by atoms with Crippen LogP contribution in [0.25, 0.3) is 5.57 Å². The summed E-state index contributed by atoms with van der Waals surface area (Å²) in [6.45, 7) is 5.75. The molecular weight excluding hydrogens is 624 g/mol. The van der Waals surface area contributed by atoms with Gasteiger partial charge in [0.2, 0.25) is 0 Å². The Morgan fingerprint density at radius 2 is 1.44 bits per heavy atom. The van der Waals surface area contributed by atoms with Gasteiger partial charge in [0.15, 0.2) is 0 Å². The van der Waals surface area contributed by atoms with Gasteiger partial charge in [0.1, 0.15) is 18.0 Å². The molecule has 4 atom stereocenters. The van der Waals surface area contributed by atoms with E-state index in [1.54, 1.807) is 19.9 Å². The molecule has 0 radical (unpaired) electrons. The Morgan fingerprint density at radius 1 is 0.889 bits per heavy atom. The first-order chi connectivity index (χ1) is 20.6. The number of hydrogen-bond acceptors (Lipinski definition) is 3. The largest absolute Gasteiger partial charge is 0.496 e. The van der Waals surface area contributed by atoms with Crippen LogP contribution in [0.1, 0.15) is 67.2 Å². The van der Waals surface area contributed by atoms with Crippen LogP contribution in [0.2, 0.25) is 0 Å². The maximum absolute atomic E-state index is 15.2. The Labute approximate surface area is 252 Å². The molecule has 1 amide bonds. The topological polar surface area (TPSA) is 38.8 Å². The number of nitrogens with zero attached hydrogens (tertiary/aromatic N) is 1. The average molecular weight is 654 g/mol. The first-order valence-corrected chi connectivity index (χ1v) is 13.7. The maximum Gasteiger partial charge on any atom is 0.416 e. The van der Waals surface area contributed by atoms with Crippen molar-refractivity contribution in [1.82, 2.24) is 4.90 Å². The number of ether oxygens (including phenoxy) is 2. The predicted octanol–water partition coefficient (Wildman–Crippen LogP) is 9.75. The van der Waals surface area contributed by atoms with E-state index in [9.17, 15) is 44.3 Å². The third kappa shape index (κ3) is 6.79. The van der Waals surface area contributed by atoms with Crippen molar-refractivity contribution in [3.63, 3.8) is 0 Å². The summed E-state index contributed by atoms with van der Waals surface area (Å²) in [5.41, 5.74) is -4.33. The first-order valence-electron chi connectivity index (χ1n) is 13.7. The second-order valence-corrected chi connectivity index (χ2v) is 11.4. The Kier molecular flexibility index (Phi) is 9.04. The zero-order chi connectivity index (χ0) is 33.8. The lowest BCUT2D eigenvalue weighted by Crippen LogP contribution is -2.32. The fraction of sp³-hybridized carbons (Fsp3) is 0.452. The highest BCUT2D eigenvalue weighted by Crippen LogP contribution is 2.44. The molecule has 0 N–H and O–H groups in total. The zero-order valence-electron chi connectivity index (χ0n) is 24.6. The predicted molar refractivity (Wildman–Crippen MR) is 143 cm³/mol. The minimum atomic E-state index is -5.15. The second kappa shape index (κ2) is 11.9. The van der Waals surface area contributed by atoms with Crippen molar-refractivity contribution < 1.29 is 58.2 Å². The number of amides is 1. The summed E-state index contributed by atoms with van der Waals surface area (Å²) >= 11 is 0. The summed E-state index contributed by atoms with van der Waals surface area (Å²) in [4.78, 5) is 13.9. The highest BCUT2D eigenvalue weighted by molar-refractivity contribution is 5.82. The first kappa shape index (κ1) is 34.2. The summed E-state index contributed by atoms with van der Waals surface area (Å²) in [5.74, 6) is -0.804. The number of carbonyl (C=O) groups excluding carboxylic acids is 1. The molecule has 3 unspecified atom stereocenters. The SMILES string of the molecule is COC1=C(C)C(F)C(C(C)C)C=C1c1ccc(C(F)(F)F)cc1CN1C(=O)O[C@H](c2cc(C(F)(F)F)cc(C(F)(F)F)c2)C1C. The van der Waals surface area contributed by atoms with Crippen molar-refractivity contribution in [2.24, 2.45) is 11.8 Å². The number of cyclic esters (lactones) is 1. The number of rotatable bonds is 6. The van der Waals surface area contributed by atoms with Crippen LogP contribution in [0.15, 0.2) is 53.8 Å². The third-order valence-corrected chi connectivity index (χ3v) is 8.08. The number of carbonyl (C=O) groups is 1. The molecule has 2 aromatic rings. The molecule has 1 aliphatic carbocycles. The molecule has 2 aliphatic rings. The smallest absolute Gasteiger partial charge is 0.416 e. The van der Waals surface area contributed by atoms with Crippen LogP contribution in [0.5, 0.6) is 0 Å². The van der Waals surface area contributed by atoms with Gasteiger partial charge >= 0.3 is 24.6 Å². The number of benzene rings is 2. The molecule has 0 aromatic heterocycles. The van der Waals surface area contributed by atoms with Crippen LogP contribution in [-0.2, 0) is 34.5 Å². The fourth-order valence-electron chi connectivity index (χ4n) is 5.64. The molecule has 1 aliphatic heterocycles. The van der Waals surface area contributed by atoms with Gasteiger partial charge in [-0.15, -0.1) is 0 Å². The molecule has 1 fully saturated rings. The average Bonchev–Trinajstić information content (AvgIpc) is 3.21. The van der Waals surface area contributed by atoms with E-state index in [1.165, 1.54) is 21.0 Å². The van der Waals surface area contributed by atoms with E-state index in [1.807, 2.05) is 0 Å². The van der Waals surface area contributed by atoms with Crippen molar-refractivity contribution in [3.8, 4) is 0 Å². The molecule has 246 valence electrons. The number of methoxy groups -OCH3 is 1. The summed E-state index contributed by atoms with van der Waals surface area (Å²) in [6.07, 6.45) is -17.8. The third-order valence-electron chi connectivity index (χ3n) is 8.08. The van der Waals surface area contributed by atoms with Crippen molar-refractivity contribution in [1.29, 1.82) is 0 Å². The number of allylic oxidation sites excluding steroid dienone is 3. The monoisotopic (exact) mass is 653 g/mol. The second-order valence-electron chi connectivity index (χ2n) is 11.4. The van der Waals surface area contributed by atoms with E-state index < -0.39 is 77.7 Å². The summed E-state index contributed by atoms with van der Waals surface area (Å²) < 4.78 is 148. The van der Waals surface area contributed by atoms with Gasteiger partial charge in [0.25, 0.3) is 0 Å². The maximum atomic E-state index is 15.2. The Hall–Kier alpha value is -3.71. The lowest BCUT2D eigenvalue weighted by molar-refractivity contribution is -0.143. The molecule has 4 nitrogen and oxygen atoms in total. The highest BCUT2D eigenvalue weighted by atomic mass is 19.4. The lowest BCUT2D eigenvalue weighted by Gasteiger charge is -2.31. The Balaban J connectivity index is 1.81.